The van der Waals surface area contributed by atoms with Crippen molar-refractivity contribution < 1.29 is 9.53 Å². The molecule has 0 radical (unpaired) electrons. The number of amides is 1. The lowest BCUT2D eigenvalue weighted by Gasteiger charge is -2.36. The highest BCUT2D eigenvalue weighted by molar-refractivity contribution is 5.82. The van der Waals surface area contributed by atoms with Crippen molar-refractivity contribution in [2.45, 2.75) is 44.9 Å². The van der Waals surface area contributed by atoms with Gasteiger partial charge >= 0.3 is 0 Å². The van der Waals surface area contributed by atoms with E-state index in [0.717, 1.165) is 31.6 Å². The van der Waals surface area contributed by atoms with Crippen LogP contribution in [0.15, 0.2) is 24.4 Å². The van der Waals surface area contributed by atoms with Crippen molar-refractivity contribution in [3.63, 3.8) is 0 Å². The molecule has 0 aromatic carbocycles. The van der Waals surface area contributed by atoms with Crippen molar-refractivity contribution in [1.82, 2.24) is 14.8 Å². The topological polar surface area (TPSA) is 45.7 Å². The maximum Gasteiger partial charge on any atom is 0.253 e. The molecule has 5 nitrogen and oxygen atoms in total. The zero-order chi connectivity index (χ0) is 15.5. The Morgan fingerprint density at radius 2 is 2.32 bits per heavy atom. The second-order valence-electron chi connectivity index (χ2n) is 6.16. The zero-order valence-electron chi connectivity index (χ0n) is 13.4. The van der Waals surface area contributed by atoms with Gasteiger partial charge in [-0.1, -0.05) is 13.0 Å². The fourth-order valence-electron chi connectivity index (χ4n) is 3.11. The van der Waals surface area contributed by atoms with Crippen molar-refractivity contribution in [2.24, 2.45) is 0 Å². The standard InChI is InChI=1S/C17H25N3O2/c1-3-19-10-11-22-16(12-19)17(21)20(14-7-8-14)13(2)15-6-4-5-9-18-15/h4-6,9,13-14,16H,3,7-8,10-12H2,1-2H3/t13-,16+/m1/s1. The monoisotopic (exact) mass is 303 g/mol. The average molecular weight is 303 g/mol. The number of carbonyl (C=O) groups excluding carboxylic acids is 1. The van der Waals surface area contributed by atoms with Gasteiger partial charge in [-0.2, -0.15) is 0 Å². The fourth-order valence-corrected chi connectivity index (χ4v) is 3.11. The van der Waals surface area contributed by atoms with Gasteiger partial charge in [0.25, 0.3) is 5.91 Å². The molecule has 0 N–H and O–H groups in total. The molecule has 1 aliphatic heterocycles. The van der Waals surface area contributed by atoms with E-state index in [-0.39, 0.29) is 18.1 Å². The first-order valence-electron chi connectivity index (χ1n) is 8.27. The molecule has 1 aliphatic carbocycles. The van der Waals surface area contributed by atoms with Crippen LogP contribution in [0.4, 0.5) is 0 Å². The fraction of sp³-hybridized carbons (Fsp3) is 0.647. The number of aromatic nitrogens is 1. The van der Waals surface area contributed by atoms with Crippen LogP contribution in [0.2, 0.25) is 0 Å². The molecular formula is C17H25N3O2. The van der Waals surface area contributed by atoms with Gasteiger partial charge in [-0.05, 0) is 38.4 Å². The first-order valence-corrected chi connectivity index (χ1v) is 8.27. The third kappa shape index (κ3) is 3.31. The Morgan fingerprint density at radius 1 is 1.50 bits per heavy atom. The molecule has 1 saturated carbocycles. The molecule has 2 aliphatic rings. The molecular weight excluding hydrogens is 278 g/mol. The highest BCUT2D eigenvalue weighted by atomic mass is 16.5. The summed E-state index contributed by atoms with van der Waals surface area (Å²) in [5.74, 6) is 0.124. The Bertz CT molecular complexity index is 504. The van der Waals surface area contributed by atoms with Crippen LogP contribution >= 0.6 is 0 Å². The Hall–Kier alpha value is -1.46. The Morgan fingerprint density at radius 3 is 2.95 bits per heavy atom. The number of carbonyl (C=O) groups is 1. The number of rotatable bonds is 5. The van der Waals surface area contributed by atoms with Gasteiger partial charge < -0.3 is 9.64 Å². The molecule has 120 valence electrons. The van der Waals surface area contributed by atoms with Crippen LogP contribution in [0, 0.1) is 0 Å². The maximum atomic E-state index is 13.0. The predicted octanol–water partition coefficient (Wildman–Crippen LogP) is 1.85. The number of hydrogen-bond acceptors (Lipinski definition) is 4. The average Bonchev–Trinajstić information content (AvgIpc) is 3.40. The molecule has 1 amide bonds. The highest BCUT2D eigenvalue weighted by Gasteiger charge is 2.40. The van der Waals surface area contributed by atoms with Crippen molar-refractivity contribution in [3.8, 4) is 0 Å². The lowest BCUT2D eigenvalue weighted by molar-refractivity contribution is -0.152. The van der Waals surface area contributed by atoms with Gasteiger partial charge in [0.1, 0.15) is 6.10 Å². The van der Waals surface area contributed by atoms with Crippen LogP contribution < -0.4 is 0 Å². The largest absolute Gasteiger partial charge is 0.366 e. The number of ether oxygens (including phenoxy) is 1. The van der Waals surface area contributed by atoms with Crippen LogP contribution in [0.5, 0.6) is 0 Å². The molecule has 3 rings (SSSR count). The molecule has 1 saturated heterocycles. The van der Waals surface area contributed by atoms with E-state index in [4.69, 9.17) is 4.74 Å². The minimum absolute atomic E-state index is 0.00167. The van der Waals surface area contributed by atoms with E-state index >= 15 is 0 Å². The summed E-state index contributed by atoms with van der Waals surface area (Å²) in [6.07, 6.45) is 3.64. The summed E-state index contributed by atoms with van der Waals surface area (Å²) in [5, 5.41) is 0. The summed E-state index contributed by atoms with van der Waals surface area (Å²) < 4.78 is 5.76. The van der Waals surface area contributed by atoms with Gasteiger partial charge in [0.05, 0.1) is 18.3 Å². The van der Waals surface area contributed by atoms with Crippen LogP contribution in [-0.4, -0.2) is 59.1 Å². The number of pyridine rings is 1. The zero-order valence-corrected chi connectivity index (χ0v) is 13.4. The van der Waals surface area contributed by atoms with Crippen molar-refractivity contribution in [1.29, 1.82) is 0 Å². The first-order chi connectivity index (χ1) is 10.7. The third-order valence-electron chi connectivity index (χ3n) is 4.60. The van der Waals surface area contributed by atoms with Gasteiger partial charge in [0.15, 0.2) is 0 Å². The number of hydrogen-bond donors (Lipinski definition) is 0. The predicted molar refractivity (Wildman–Crippen MR) is 84.4 cm³/mol. The van der Waals surface area contributed by atoms with Crippen LogP contribution in [0.3, 0.4) is 0 Å². The Labute approximate surface area is 132 Å². The normalized spacial score (nSPS) is 24.0. The number of morpholine rings is 1. The summed E-state index contributed by atoms with van der Waals surface area (Å²) in [5.41, 5.74) is 0.950. The van der Waals surface area contributed by atoms with Crippen LogP contribution in [-0.2, 0) is 9.53 Å². The second kappa shape index (κ2) is 6.75. The molecule has 1 aromatic heterocycles. The molecule has 5 heteroatoms. The van der Waals surface area contributed by atoms with E-state index < -0.39 is 0 Å². The minimum atomic E-state index is -0.333. The third-order valence-corrected chi connectivity index (χ3v) is 4.60. The number of nitrogens with zero attached hydrogens (tertiary/aromatic N) is 3. The second-order valence-corrected chi connectivity index (χ2v) is 6.16. The van der Waals surface area contributed by atoms with Gasteiger partial charge in [0, 0.05) is 25.3 Å². The van der Waals surface area contributed by atoms with Gasteiger partial charge in [-0.15, -0.1) is 0 Å². The van der Waals surface area contributed by atoms with Gasteiger partial charge in [-0.25, -0.2) is 0 Å². The van der Waals surface area contributed by atoms with E-state index in [9.17, 15) is 4.79 Å². The summed E-state index contributed by atoms with van der Waals surface area (Å²) in [6.45, 7) is 7.42. The summed E-state index contributed by atoms with van der Waals surface area (Å²) >= 11 is 0. The van der Waals surface area contributed by atoms with Crippen molar-refractivity contribution in [3.05, 3.63) is 30.1 Å². The number of likely N-dealkylation sites (N-methyl/N-ethyl adjacent to an activating group) is 1. The van der Waals surface area contributed by atoms with E-state index in [0.29, 0.717) is 19.2 Å². The first kappa shape index (κ1) is 15.4. The maximum absolute atomic E-state index is 13.0. The van der Waals surface area contributed by atoms with E-state index in [1.54, 1.807) is 6.20 Å². The van der Waals surface area contributed by atoms with E-state index in [1.165, 1.54) is 0 Å². The molecule has 1 aromatic rings. The summed E-state index contributed by atoms with van der Waals surface area (Å²) in [7, 11) is 0. The Kier molecular flexibility index (Phi) is 4.74. The SMILES string of the molecule is CCN1CCO[C@H](C(=O)N(C2CC2)[C@H](C)c2ccccn2)C1. The molecule has 2 heterocycles. The molecule has 0 bridgehead atoms. The molecule has 0 spiro atoms. The lowest BCUT2D eigenvalue weighted by Crippen LogP contribution is -2.52. The van der Waals surface area contributed by atoms with E-state index in [2.05, 4.69) is 23.7 Å². The van der Waals surface area contributed by atoms with E-state index in [1.807, 2.05) is 23.1 Å². The van der Waals surface area contributed by atoms with Crippen LogP contribution in [0.25, 0.3) is 0 Å². The molecule has 22 heavy (non-hydrogen) atoms. The summed E-state index contributed by atoms with van der Waals surface area (Å²) in [4.78, 5) is 21.7. The van der Waals surface area contributed by atoms with Crippen molar-refractivity contribution in [2.75, 3.05) is 26.2 Å². The highest BCUT2D eigenvalue weighted by Crippen LogP contribution is 2.34. The minimum Gasteiger partial charge on any atom is -0.366 e. The van der Waals surface area contributed by atoms with Gasteiger partial charge in [0.2, 0.25) is 0 Å². The molecule has 2 fully saturated rings. The molecule has 2 atom stereocenters. The van der Waals surface area contributed by atoms with Crippen LogP contribution in [0.1, 0.15) is 38.4 Å². The van der Waals surface area contributed by atoms with Gasteiger partial charge in [-0.3, -0.25) is 14.7 Å². The molecule has 0 unspecified atom stereocenters. The smallest absolute Gasteiger partial charge is 0.253 e. The lowest BCUT2D eigenvalue weighted by atomic mass is 10.1. The Balaban J connectivity index is 1.74. The quantitative estimate of drug-likeness (QED) is 0.833. The summed E-state index contributed by atoms with van der Waals surface area (Å²) in [6, 6.07) is 6.23. The van der Waals surface area contributed by atoms with Crippen molar-refractivity contribution >= 4 is 5.91 Å².